The summed E-state index contributed by atoms with van der Waals surface area (Å²) in [5.74, 6) is -0.368. The van der Waals surface area contributed by atoms with Crippen molar-refractivity contribution in [3.05, 3.63) is 28.1 Å². The zero-order valence-corrected chi connectivity index (χ0v) is 10.5. The molecule has 3 nitrogen and oxygen atoms in total. The average Bonchev–Trinajstić information content (AvgIpc) is 2.47. The standard InChI is InChI=1S/C11H11BrFNO2/c1-11(2,15)5-9-6-3-8(13)7(12)4-10(6)16-14-9/h3-4,15H,5H2,1-2H3. The summed E-state index contributed by atoms with van der Waals surface area (Å²) in [5.41, 5.74) is 0.175. The predicted molar refractivity (Wildman–Crippen MR) is 61.7 cm³/mol. The summed E-state index contributed by atoms with van der Waals surface area (Å²) in [6, 6.07) is 2.89. The van der Waals surface area contributed by atoms with Gasteiger partial charge in [-0.1, -0.05) is 5.16 Å². The first-order chi connectivity index (χ1) is 7.37. The van der Waals surface area contributed by atoms with E-state index in [0.717, 1.165) is 0 Å². The second-order valence-corrected chi connectivity index (χ2v) is 5.24. The van der Waals surface area contributed by atoms with Crippen molar-refractivity contribution in [2.45, 2.75) is 25.9 Å². The predicted octanol–water partition coefficient (Wildman–Crippen LogP) is 3.04. The fraction of sp³-hybridized carbons (Fsp3) is 0.364. The summed E-state index contributed by atoms with van der Waals surface area (Å²) < 4.78 is 18.8. The quantitative estimate of drug-likeness (QED) is 0.923. The smallest absolute Gasteiger partial charge is 0.168 e. The van der Waals surface area contributed by atoms with Gasteiger partial charge in [0.05, 0.1) is 15.8 Å². The molecule has 1 aromatic heterocycles. The number of aliphatic hydroxyl groups is 1. The molecule has 0 bridgehead atoms. The molecule has 1 N–H and O–H groups in total. The number of hydrogen-bond acceptors (Lipinski definition) is 3. The molecule has 2 rings (SSSR count). The molecule has 0 spiro atoms. The maximum Gasteiger partial charge on any atom is 0.168 e. The molecule has 0 radical (unpaired) electrons. The Balaban J connectivity index is 2.52. The van der Waals surface area contributed by atoms with E-state index in [2.05, 4.69) is 21.1 Å². The van der Waals surface area contributed by atoms with Gasteiger partial charge in [0.2, 0.25) is 0 Å². The average molecular weight is 288 g/mol. The number of fused-ring (bicyclic) bond motifs is 1. The number of hydrogen-bond donors (Lipinski definition) is 1. The lowest BCUT2D eigenvalue weighted by molar-refractivity contribution is 0.0793. The van der Waals surface area contributed by atoms with E-state index < -0.39 is 5.60 Å². The summed E-state index contributed by atoms with van der Waals surface area (Å²) in [6.07, 6.45) is 0.321. The first-order valence-corrected chi connectivity index (χ1v) is 5.62. The number of nitrogens with zero attached hydrogens (tertiary/aromatic N) is 1. The fourth-order valence-electron chi connectivity index (χ4n) is 1.52. The van der Waals surface area contributed by atoms with Crippen LogP contribution in [0.3, 0.4) is 0 Å². The molecule has 0 amide bonds. The van der Waals surface area contributed by atoms with Crippen LogP contribution in [0.5, 0.6) is 0 Å². The Labute approximate surface area is 100 Å². The minimum absolute atomic E-state index is 0.321. The van der Waals surface area contributed by atoms with Crippen molar-refractivity contribution in [2.24, 2.45) is 0 Å². The van der Waals surface area contributed by atoms with Crippen LogP contribution in [0.4, 0.5) is 4.39 Å². The van der Waals surface area contributed by atoms with Crippen LogP contribution in [-0.2, 0) is 6.42 Å². The zero-order chi connectivity index (χ0) is 11.9. The van der Waals surface area contributed by atoms with Gasteiger partial charge in [0, 0.05) is 17.9 Å². The third kappa shape index (κ3) is 2.25. The zero-order valence-electron chi connectivity index (χ0n) is 8.92. The lowest BCUT2D eigenvalue weighted by atomic mass is 10.0. The fourth-order valence-corrected chi connectivity index (χ4v) is 1.84. The van der Waals surface area contributed by atoms with Crippen molar-refractivity contribution in [2.75, 3.05) is 0 Å². The number of halogens is 2. The Hall–Kier alpha value is -0.940. The second-order valence-electron chi connectivity index (χ2n) is 4.38. The summed E-state index contributed by atoms with van der Waals surface area (Å²) in [4.78, 5) is 0. The summed E-state index contributed by atoms with van der Waals surface area (Å²) in [7, 11) is 0. The normalized spacial score (nSPS) is 12.3. The highest BCUT2D eigenvalue weighted by Gasteiger charge is 2.19. The molecule has 16 heavy (non-hydrogen) atoms. The van der Waals surface area contributed by atoms with Gasteiger partial charge in [-0.25, -0.2) is 4.39 Å². The lowest BCUT2D eigenvalue weighted by Crippen LogP contribution is -2.22. The van der Waals surface area contributed by atoms with Crippen molar-refractivity contribution >= 4 is 26.9 Å². The van der Waals surface area contributed by atoms with Gasteiger partial charge >= 0.3 is 0 Å². The van der Waals surface area contributed by atoms with E-state index in [4.69, 9.17) is 4.52 Å². The summed E-state index contributed by atoms with van der Waals surface area (Å²) in [5, 5.41) is 14.1. The van der Waals surface area contributed by atoms with Crippen molar-refractivity contribution in [1.29, 1.82) is 0 Å². The number of rotatable bonds is 2. The van der Waals surface area contributed by atoms with Gasteiger partial charge in [0.1, 0.15) is 5.82 Å². The Morgan fingerprint density at radius 3 is 2.81 bits per heavy atom. The van der Waals surface area contributed by atoms with Crippen LogP contribution in [0.25, 0.3) is 11.0 Å². The molecule has 0 aliphatic carbocycles. The van der Waals surface area contributed by atoms with E-state index in [0.29, 0.717) is 27.6 Å². The van der Waals surface area contributed by atoms with Crippen molar-refractivity contribution < 1.29 is 14.0 Å². The second kappa shape index (κ2) is 3.82. The molecule has 0 saturated carbocycles. The van der Waals surface area contributed by atoms with Crippen LogP contribution in [0.2, 0.25) is 0 Å². The molecule has 0 atom stereocenters. The van der Waals surface area contributed by atoms with Crippen LogP contribution >= 0.6 is 15.9 Å². The molecule has 5 heteroatoms. The van der Waals surface area contributed by atoms with Gasteiger partial charge in [-0.15, -0.1) is 0 Å². The first-order valence-electron chi connectivity index (χ1n) is 4.82. The summed E-state index contributed by atoms with van der Waals surface area (Å²) in [6.45, 7) is 3.34. The molecule has 0 aliphatic rings. The molecular formula is C11H11BrFNO2. The minimum atomic E-state index is -0.895. The third-order valence-corrected chi connectivity index (χ3v) is 2.80. The molecule has 1 heterocycles. The highest BCUT2D eigenvalue weighted by atomic mass is 79.9. The molecule has 0 fully saturated rings. The number of aromatic nitrogens is 1. The third-order valence-electron chi connectivity index (χ3n) is 2.19. The number of benzene rings is 1. The van der Waals surface area contributed by atoms with E-state index in [1.807, 2.05) is 0 Å². The van der Waals surface area contributed by atoms with E-state index >= 15 is 0 Å². The van der Waals surface area contributed by atoms with Crippen LogP contribution in [-0.4, -0.2) is 15.9 Å². The minimum Gasteiger partial charge on any atom is -0.390 e. The highest BCUT2D eigenvalue weighted by molar-refractivity contribution is 9.10. The van der Waals surface area contributed by atoms with E-state index in [9.17, 15) is 9.50 Å². The molecule has 2 aromatic rings. The van der Waals surface area contributed by atoms with Crippen LogP contribution in [0, 0.1) is 5.82 Å². The van der Waals surface area contributed by atoms with Crippen molar-refractivity contribution in [1.82, 2.24) is 5.16 Å². The Bertz CT molecular complexity index is 530. The van der Waals surface area contributed by atoms with Crippen molar-refractivity contribution in [3.8, 4) is 0 Å². The van der Waals surface area contributed by atoms with Crippen LogP contribution < -0.4 is 0 Å². The van der Waals surface area contributed by atoms with Gasteiger partial charge in [-0.2, -0.15) is 0 Å². The lowest BCUT2D eigenvalue weighted by Gasteiger charge is -2.14. The monoisotopic (exact) mass is 287 g/mol. The van der Waals surface area contributed by atoms with Gasteiger partial charge < -0.3 is 9.63 Å². The van der Waals surface area contributed by atoms with Crippen molar-refractivity contribution in [3.63, 3.8) is 0 Å². The molecule has 0 aliphatic heterocycles. The maximum absolute atomic E-state index is 13.4. The SMILES string of the molecule is CC(C)(O)Cc1noc2cc(Br)c(F)cc12. The molecule has 1 aromatic carbocycles. The highest BCUT2D eigenvalue weighted by Crippen LogP contribution is 2.27. The van der Waals surface area contributed by atoms with Gasteiger partial charge in [-0.3, -0.25) is 0 Å². The van der Waals surface area contributed by atoms with E-state index in [-0.39, 0.29) is 5.82 Å². The van der Waals surface area contributed by atoms with Gasteiger partial charge in [-0.05, 0) is 35.8 Å². The van der Waals surface area contributed by atoms with E-state index in [1.54, 1.807) is 13.8 Å². The Morgan fingerprint density at radius 1 is 1.50 bits per heavy atom. The van der Waals surface area contributed by atoms with Crippen LogP contribution in [0.1, 0.15) is 19.5 Å². The maximum atomic E-state index is 13.4. The topological polar surface area (TPSA) is 46.3 Å². The largest absolute Gasteiger partial charge is 0.390 e. The van der Waals surface area contributed by atoms with Gasteiger partial charge in [0.15, 0.2) is 5.58 Å². The van der Waals surface area contributed by atoms with Crippen LogP contribution in [0.15, 0.2) is 21.1 Å². The van der Waals surface area contributed by atoms with Gasteiger partial charge in [0.25, 0.3) is 0 Å². The molecular weight excluding hydrogens is 277 g/mol. The summed E-state index contributed by atoms with van der Waals surface area (Å²) >= 11 is 3.07. The molecule has 0 unspecified atom stereocenters. The van der Waals surface area contributed by atoms with E-state index in [1.165, 1.54) is 12.1 Å². The Kier molecular flexibility index (Phi) is 2.75. The molecule has 0 saturated heterocycles. The molecule has 86 valence electrons. The first kappa shape index (κ1) is 11.5. The Morgan fingerprint density at radius 2 is 2.19 bits per heavy atom.